The number of benzene rings is 2. The molecule has 4 amide bonds. The van der Waals surface area contributed by atoms with E-state index in [0.717, 1.165) is 21.9 Å². The van der Waals surface area contributed by atoms with Crippen LogP contribution in [0.1, 0.15) is 20.8 Å². The van der Waals surface area contributed by atoms with E-state index in [1.165, 1.54) is 43.3 Å². The molecule has 0 radical (unpaired) electrons. The average Bonchev–Trinajstić information content (AvgIpc) is 3.39. The van der Waals surface area contributed by atoms with Gasteiger partial charge in [0.1, 0.15) is 11.4 Å². The third-order valence-electron chi connectivity index (χ3n) is 9.32. The van der Waals surface area contributed by atoms with Crippen molar-refractivity contribution >= 4 is 52.3 Å². The van der Waals surface area contributed by atoms with Crippen LogP contribution < -0.4 is 9.80 Å². The van der Waals surface area contributed by atoms with Gasteiger partial charge in [-0.3, -0.25) is 39.4 Å². The van der Waals surface area contributed by atoms with Crippen LogP contribution in [-0.2, 0) is 28.7 Å². The Morgan fingerprint density at radius 1 is 0.791 bits per heavy atom. The topological polar surface area (TPSA) is 187 Å². The van der Waals surface area contributed by atoms with Gasteiger partial charge in [-0.05, 0) is 26.0 Å². The van der Waals surface area contributed by atoms with Crippen LogP contribution in [0.2, 0.25) is 0 Å². The molecule has 0 unspecified atom stereocenters. The summed E-state index contributed by atoms with van der Waals surface area (Å²) in [6.07, 6.45) is 0. The average molecular weight is 589 g/mol. The zero-order chi connectivity index (χ0) is 31.1. The van der Waals surface area contributed by atoms with E-state index in [0.29, 0.717) is 5.57 Å². The summed E-state index contributed by atoms with van der Waals surface area (Å²) in [5.74, 6) is -10.4. The number of allylic oxidation sites excluding steroid dienone is 1. The summed E-state index contributed by atoms with van der Waals surface area (Å²) < 4.78 is 5.32. The van der Waals surface area contributed by atoms with E-state index in [1.54, 1.807) is 13.8 Å². The number of hydrogen-bond acceptors (Lipinski definition) is 10. The van der Waals surface area contributed by atoms with Gasteiger partial charge in [-0.15, -0.1) is 0 Å². The van der Waals surface area contributed by atoms with Crippen molar-refractivity contribution in [2.45, 2.75) is 20.8 Å². The Labute approximate surface area is 243 Å². The minimum Gasteiger partial charge on any atom is -0.463 e. The normalized spacial score (nSPS) is 29.2. The molecule has 5 aliphatic rings. The first-order valence-corrected chi connectivity index (χ1v) is 13.5. The van der Waals surface area contributed by atoms with E-state index in [4.69, 9.17) is 4.74 Å². The highest BCUT2D eigenvalue weighted by atomic mass is 16.6. The number of rotatable bonds is 6. The second kappa shape index (κ2) is 9.37. The molecule has 2 heterocycles. The van der Waals surface area contributed by atoms with Crippen LogP contribution in [0.25, 0.3) is 0 Å². The molecular formula is C29H24N4O10. The summed E-state index contributed by atoms with van der Waals surface area (Å²) in [5.41, 5.74) is -3.01. The minimum absolute atomic E-state index is 0.0158. The summed E-state index contributed by atoms with van der Waals surface area (Å²) >= 11 is 0. The van der Waals surface area contributed by atoms with Crippen molar-refractivity contribution in [3.8, 4) is 0 Å². The molecule has 3 aliphatic carbocycles. The summed E-state index contributed by atoms with van der Waals surface area (Å²) in [4.78, 5) is 93.8. The van der Waals surface area contributed by atoms with Crippen molar-refractivity contribution < 1.29 is 38.6 Å². The van der Waals surface area contributed by atoms with Gasteiger partial charge in [-0.1, -0.05) is 36.8 Å². The van der Waals surface area contributed by atoms with E-state index >= 15 is 0 Å². The molecule has 1 saturated carbocycles. The molecule has 0 aromatic heterocycles. The Kier molecular flexibility index (Phi) is 6.08. The molecule has 43 heavy (non-hydrogen) atoms. The number of hydrogen-bond donors (Lipinski definition) is 0. The maximum absolute atomic E-state index is 14.2. The number of esters is 1. The first kappa shape index (κ1) is 27.9. The number of carbonyl (C=O) groups excluding carboxylic acids is 5. The van der Waals surface area contributed by atoms with E-state index in [1.807, 2.05) is 0 Å². The van der Waals surface area contributed by atoms with Gasteiger partial charge in [0.2, 0.25) is 23.6 Å². The molecule has 14 nitrogen and oxygen atoms in total. The van der Waals surface area contributed by atoms with Crippen LogP contribution in [0.3, 0.4) is 0 Å². The smallest absolute Gasteiger partial charge is 0.334 e. The molecule has 14 heteroatoms. The molecule has 0 N–H and O–H groups in total. The molecule has 2 saturated heterocycles. The lowest BCUT2D eigenvalue weighted by Crippen LogP contribution is -2.61. The van der Waals surface area contributed by atoms with Crippen LogP contribution in [0.5, 0.6) is 0 Å². The second-order valence-electron chi connectivity index (χ2n) is 11.1. The highest BCUT2D eigenvalue weighted by molar-refractivity contribution is 6.28. The zero-order valence-corrected chi connectivity index (χ0v) is 23.1. The summed E-state index contributed by atoms with van der Waals surface area (Å²) in [7, 11) is 0. The number of para-hydroxylation sites is 4. The van der Waals surface area contributed by atoms with Crippen molar-refractivity contribution in [3.05, 3.63) is 79.9 Å². The van der Waals surface area contributed by atoms with E-state index in [9.17, 15) is 44.2 Å². The van der Waals surface area contributed by atoms with Crippen molar-refractivity contribution in [2.75, 3.05) is 16.4 Å². The van der Waals surface area contributed by atoms with Gasteiger partial charge >= 0.3 is 5.97 Å². The van der Waals surface area contributed by atoms with Crippen molar-refractivity contribution in [3.63, 3.8) is 0 Å². The molecule has 2 bridgehead atoms. The van der Waals surface area contributed by atoms with Crippen molar-refractivity contribution in [1.82, 2.24) is 0 Å². The molecular weight excluding hydrogens is 564 g/mol. The molecule has 2 aromatic rings. The number of nitro groups is 2. The van der Waals surface area contributed by atoms with Gasteiger partial charge in [0.25, 0.3) is 11.4 Å². The Morgan fingerprint density at radius 3 is 1.60 bits per heavy atom. The highest BCUT2D eigenvalue weighted by Gasteiger charge is 2.77. The third-order valence-corrected chi connectivity index (χ3v) is 9.32. The van der Waals surface area contributed by atoms with Crippen LogP contribution in [0.15, 0.2) is 59.7 Å². The summed E-state index contributed by atoms with van der Waals surface area (Å²) in [5, 5.41) is 23.6. The van der Waals surface area contributed by atoms with Crippen molar-refractivity contribution in [1.29, 1.82) is 0 Å². The number of nitro benzene ring substituents is 2. The van der Waals surface area contributed by atoms with Gasteiger partial charge < -0.3 is 4.74 Å². The fourth-order valence-corrected chi connectivity index (χ4v) is 7.90. The Morgan fingerprint density at radius 2 is 1.21 bits per heavy atom. The van der Waals surface area contributed by atoms with Gasteiger partial charge in [-0.2, -0.15) is 0 Å². The fraction of sp³-hybridized carbons (Fsp3) is 0.345. The molecule has 3 fully saturated rings. The predicted octanol–water partition coefficient (Wildman–Crippen LogP) is 2.94. The van der Waals surface area contributed by atoms with Gasteiger partial charge in [0, 0.05) is 29.0 Å². The lowest BCUT2D eigenvalue weighted by molar-refractivity contribution is -0.384. The number of anilines is 2. The zero-order valence-electron chi connectivity index (χ0n) is 23.1. The van der Waals surface area contributed by atoms with E-state index < -0.39 is 85.8 Å². The number of carbonyl (C=O) groups is 5. The third kappa shape index (κ3) is 3.43. The fourth-order valence-electron chi connectivity index (χ4n) is 7.90. The molecule has 2 aromatic carbocycles. The number of imide groups is 2. The lowest BCUT2D eigenvalue weighted by Gasteiger charge is -2.55. The summed E-state index contributed by atoms with van der Waals surface area (Å²) in [6.45, 7) is 4.53. The molecule has 220 valence electrons. The van der Waals surface area contributed by atoms with Crippen LogP contribution in [0.4, 0.5) is 22.7 Å². The first-order valence-electron chi connectivity index (χ1n) is 13.5. The van der Waals surface area contributed by atoms with Crippen LogP contribution >= 0.6 is 0 Å². The number of ether oxygens (including phenoxy) is 1. The quantitative estimate of drug-likeness (QED) is 0.210. The SMILES string of the molecule is CCOC(=O)C1=C(C)C2[C@@H]3C(=O)N(c4ccccc4[N+](=O)[O-])C(=O)[C@@H]3C1(C)[C@H]1C(=O)N(c3ccccc3[N+](=O)[O-])C(=O)[C@@H]21. The highest BCUT2D eigenvalue weighted by Crippen LogP contribution is 2.69. The van der Waals surface area contributed by atoms with Gasteiger partial charge in [0.15, 0.2) is 0 Å². The molecule has 0 spiro atoms. The Balaban J connectivity index is 1.57. The first-order chi connectivity index (χ1) is 20.4. The van der Waals surface area contributed by atoms with Crippen molar-refractivity contribution in [2.24, 2.45) is 35.0 Å². The Hall–Kier alpha value is -5.27. The van der Waals surface area contributed by atoms with Gasteiger partial charge in [0.05, 0.1) is 40.1 Å². The second-order valence-corrected chi connectivity index (χ2v) is 11.1. The maximum Gasteiger partial charge on any atom is 0.334 e. The summed E-state index contributed by atoms with van der Waals surface area (Å²) in [6, 6.07) is 10.4. The van der Waals surface area contributed by atoms with Crippen LogP contribution in [0, 0.1) is 55.2 Å². The van der Waals surface area contributed by atoms with Crippen LogP contribution in [-0.4, -0.2) is 46.1 Å². The maximum atomic E-state index is 14.2. The minimum atomic E-state index is -1.77. The predicted molar refractivity (Wildman–Crippen MR) is 146 cm³/mol. The standard InChI is InChI=1S/C29H24N4O10/c1-4-43-28(38)21-13(2)18-19-22(26(36)30(24(19)34)14-9-5-7-11-16(14)32(39)40)29(21,3)23-20(18)25(35)31(27(23)37)15-10-6-8-12-17(15)33(41)42/h5-12,18-20,22-23H,4H2,1-3H3/t18?,19-,20-,22+,23+,29?/m0/s1. The molecule has 2 aliphatic heterocycles. The van der Waals surface area contributed by atoms with E-state index in [2.05, 4.69) is 0 Å². The Bertz CT molecular complexity index is 1630. The lowest BCUT2D eigenvalue weighted by atomic mass is 9.43. The molecule has 4 atom stereocenters. The van der Waals surface area contributed by atoms with E-state index in [-0.39, 0.29) is 23.6 Å². The largest absolute Gasteiger partial charge is 0.463 e. The van der Waals surface area contributed by atoms with Gasteiger partial charge in [-0.25, -0.2) is 14.6 Å². The number of nitrogens with zero attached hydrogens (tertiary/aromatic N) is 4. The monoisotopic (exact) mass is 588 g/mol. The number of amides is 4. The molecule has 7 rings (SSSR count).